The second-order valence-corrected chi connectivity index (χ2v) is 8.84. The van der Waals surface area contributed by atoms with Gasteiger partial charge in [-0.2, -0.15) is 0 Å². The molecule has 0 aliphatic carbocycles. The van der Waals surface area contributed by atoms with Crippen LogP contribution in [0.1, 0.15) is 31.7 Å². The molecule has 2 aromatic rings. The Morgan fingerprint density at radius 2 is 1.75 bits per heavy atom. The van der Waals surface area contributed by atoms with Gasteiger partial charge in [0.25, 0.3) is 0 Å². The quantitative estimate of drug-likeness (QED) is 0.675. The summed E-state index contributed by atoms with van der Waals surface area (Å²) in [6.07, 6.45) is 2.88. The van der Waals surface area contributed by atoms with Gasteiger partial charge >= 0.3 is 0 Å². The van der Waals surface area contributed by atoms with Crippen molar-refractivity contribution >= 4 is 5.69 Å². The standard InChI is InChI=1S/C26H36FN3O2/c1-2-32-26-10-6-3-7-21(26)19-29-16-17-30(20-23(29)13-18-31)22-11-14-28(15-12-22)25-9-5-4-8-24(25)27/h3-10,22-23,31H,2,11-20H2,1H3/t23-/m0/s1. The van der Waals surface area contributed by atoms with E-state index in [-0.39, 0.29) is 12.4 Å². The fourth-order valence-electron chi connectivity index (χ4n) is 5.21. The molecular weight excluding hydrogens is 405 g/mol. The molecule has 174 valence electrons. The fourth-order valence-corrected chi connectivity index (χ4v) is 5.21. The Hall–Kier alpha value is -2.15. The van der Waals surface area contributed by atoms with Gasteiger partial charge in [-0.1, -0.05) is 30.3 Å². The van der Waals surface area contributed by atoms with Crippen LogP contribution in [0, 0.1) is 5.82 Å². The van der Waals surface area contributed by atoms with Gasteiger partial charge in [-0.3, -0.25) is 9.80 Å². The average molecular weight is 442 g/mol. The molecule has 0 amide bonds. The number of nitrogens with zero attached hydrogens (tertiary/aromatic N) is 3. The van der Waals surface area contributed by atoms with Gasteiger partial charge in [0.05, 0.1) is 12.3 Å². The van der Waals surface area contributed by atoms with E-state index in [0.717, 1.165) is 70.0 Å². The number of rotatable bonds is 8. The lowest BCUT2D eigenvalue weighted by atomic mass is 9.98. The second kappa shape index (κ2) is 11.1. The van der Waals surface area contributed by atoms with E-state index in [1.807, 2.05) is 31.2 Å². The van der Waals surface area contributed by atoms with Crippen LogP contribution in [-0.4, -0.2) is 72.9 Å². The highest BCUT2D eigenvalue weighted by Crippen LogP contribution is 2.28. The number of piperidine rings is 1. The molecule has 1 N–H and O–H groups in total. The van der Waals surface area contributed by atoms with Crippen molar-refractivity contribution in [1.82, 2.24) is 9.80 Å². The van der Waals surface area contributed by atoms with Gasteiger partial charge in [0, 0.05) is 63.5 Å². The predicted molar refractivity (Wildman–Crippen MR) is 127 cm³/mol. The molecule has 0 spiro atoms. The van der Waals surface area contributed by atoms with Crippen LogP contribution < -0.4 is 9.64 Å². The summed E-state index contributed by atoms with van der Waals surface area (Å²) in [7, 11) is 0. The molecule has 0 radical (unpaired) electrons. The van der Waals surface area contributed by atoms with Crippen molar-refractivity contribution in [2.75, 3.05) is 50.8 Å². The van der Waals surface area contributed by atoms with Crippen LogP contribution in [0.2, 0.25) is 0 Å². The maximum absolute atomic E-state index is 14.2. The predicted octanol–water partition coefficient (Wildman–Crippen LogP) is 3.76. The number of hydrogen-bond donors (Lipinski definition) is 1. The number of piperazine rings is 1. The minimum absolute atomic E-state index is 0.130. The Morgan fingerprint density at radius 1 is 1.00 bits per heavy atom. The van der Waals surface area contributed by atoms with E-state index in [0.29, 0.717) is 18.7 Å². The van der Waals surface area contributed by atoms with Crippen LogP contribution in [0.4, 0.5) is 10.1 Å². The molecule has 2 aliphatic rings. The summed E-state index contributed by atoms with van der Waals surface area (Å²) >= 11 is 0. The minimum atomic E-state index is -0.130. The van der Waals surface area contributed by atoms with Gasteiger partial charge in [0.2, 0.25) is 0 Å². The topological polar surface area (TPSA) is 39.2 Å². The molecule has 1 atom stereocenters. The normalized spacial score (nSPS) is 21.1. The van der Waals surface area contributed by atoms with E-state index in [9.17, 15) is 9.50 Å². The number of aliphatic hydroxyl groups excluding tert-OH is 1. The van der Waals surface area contributed by atoms with Crippen LogP contribution in [-0.2, 0) is 6.54 Å². The summed E-state index contributed by atoms with van der Waals surface area (Å²) in [5, 5.41) is 9.71. The molecular formula is C26H36FN3O2. The number of anilines is 1. The van der Waals surface area contributed by atoms with Crippen molar-refractivity contribution in [1.29, 1.82) is 0 Å². The first-order valence-electron chi connectivity index (χ1n) is 12.0. The molecule has 0 unspecified atom stereocenters. The Balaban J connectivity index is 1.36. The molecule has 2 fully saturated rings. The van der Waals surface area contributed by atoms with Gasteiger partial charge in [0.15, 0.2) is 0 Å². The molecule has 2 heterocycles. The van der Waals surface area contributed by atoms with Crippen molar-refractivity contribution in [3.05, 3.63) is 59.9 Å². The third kappa shape index (κ3) is 5.42. The Labute approximate surface area is 191 Å². The summed E-state index contributed by atoms with van der Waals surface area (Å²) in [5.41, 5.74) is 1.94. The summed E-state index contributed by atoms with van der Waals surface area (Å²) in [6.45, 7) is 8.49. The molecule has 2 aromatic carbocycles. The highest BCUT2D eigenvalue weighted by Gasteiger charge is 2.33. The highest BCUT2D eigenvalue weighted by atomic mass is 19.1. The summed E-state index contributed by atoms with van der Waals surface area (Å²) in [5.74, 6) is 0.829. The van der Waals surface area contributed by atoms with Crippen LogP contribution in [0.5, 0.6) is 5.75 Å². The fraction of sp³-hybridized carbons (Fsp3) is 0.538. The molecule has 0 aromatic heterocycles. The highest BCUT2D eigenvalue weighted by molar-refractivity contribution is 5.48. The second-order valence-electron chi connectivity index (χ2n) is 8.84. The lowest BCUT2D eigenvalue weighted by Gasteiger charge is -2.47. The van der Waals surface area contributed by atoms with E-state index in [1.165, 1.54) is 5.56 Å². The first kappa shape index (κ1) is 23.0. The number of aliphatic hydroxyl groups is 1. The van der Waals surface area contributed by atoms with Crippen molar-refractivity contribution in [3.63, 3.8) is 0 Å². The summed E-state index contributed by atoms with van der Waals surface area (Å²) < 4.78 is 20.0. The SMILES string of the molecule is CCOc1ccccc1CN1CCN(C2CCN(c3ccccc3F)CC2)C[C@@H]1CCO. The van der Waals surface area contributed by atoms with Crippen LogP contribution in [0.15, 0.2) is 48.5 Å². The molecule has 2 saturated heterocycles. The molecule has 0 saturated carbocycles. The molecule has 4 rings (SSSR count). The van der Waals surface area contributed by atoms with Crippen molar-refractivity contribution in [2.45, 2.75) is 44.8 Å². The summed E-state index contributed by atoms with van der Waals surface area (Å²) in [4.78, 5) is 7.28. The van der Waals surface area contributed by atoms with Gasteiger partial charge in [-0.25, -0.2) is 4.39 Å². The monoisotopic (exact) mass is 441 g/mol. The lowest BCUT2D eigenvalue weighted by Crippen LogP contribution is -2.57. The van der Waals surface area contributed by atoms with E-state index in [4.69, 9.17) is 4.74 Å². The first-order valence-corrected chi connectivity index (χ1v) is 12.0. The largest absolute Gasteiger partial charge is 0.494 e. The maximum atomic E-state index is 14.2. The van der Waals surface area contributed by atoms with Crippen molar-refractivity contribution < 1.29 is 14.2 Å². The summed E-state index contributed by atoms with van der Waals surface area (Å²) in [6, 6.07) is 16.2. The van der Waals surface area contributed by atoms with Gasteiger partial charge < -0.3 is 14.7 Å². The Morgan fingerprint density at radius 3 is 2.50 bits per heavy atom. The van der Waals surface area contributed by atoms with Gasteiger partial charge in [0.1, 0.15) is 11.6 Å². The third-order valence-electron chi connectivity index (χ3n) is 6.92. The molecule has 2 aliphatic heterocycles. The van der Waals surface area contributed by atoms with Crippen molar-refractivity contribution in [2.24, 2.45) is 0 Å². The van der Waals surface area contributed by atoms with E-state index < -0.39 is 0 Å². The molecule has 5 nitrogen and oxygen atoms in total. The first-order chi connectivity index (χ1) is 15.7. The molecule has 6 heteroatoms. The zero-order chi connectivity index (χ0) is 22.3. The van der Waals surface area contributed by atoms with Crippen LogP contribution >= 0.6 is 0 Å². The number of para-hydroxylation sites is 2. The average Bonchev–Trinajstić information content (AvgIpc) is 2.82. The maximum Gasteiger partial charge on any atom is 0.146 e. The molecule has 0 bridgehead atoms. The number of ether oxygens (including phenoxy) is 1. The minimum Gasteiger partial charge on any atom is -0.494 e. The van der Waals surface area contributed by atoms with Crippen LogP contribution in [0.3, 0.4) is 0 Å². The van der Waals surface area contributed by atoms with E-state index >= 15 is 0 Å². The van der Waals surface area contributed by atoms with Gasteiger partial charge in [-0.05, 0) is 44.4 Å². The number of benzene rings is 2. The zero-order valence-corrected chi connectivity index (χ0v) is 19.1. The Kier molecular flexibility index (Phi) is 8.00. The van der Waals surface area contributed by atoms with Gasteiger partial charge in [-0.15, -0.1) is 0 Å². The lowest BCUT2D eigenvalue weighted by molar-refractivity contribution is 0.0250. The number of hydrogen-bond acceptors (Lipinski definition) is 5. The zero-order valence-electron chi connectivity index (χ0n) is 19.1. The van der Waals surface area contributed by atoms with Crippen LogP contribution in [0.25, 0.3) is 0 Å². The van der Waals surface area contributed by atoms with Crippen molar-refractivity contribution in [3.8, 4) is 5.75 Å². The van der Waals surface area contributed by atoms with E-state index in [2.05, 4.69) is 26.8 Å². The third-order valence-corrected chi connectivity index (χ3v) is 6.92. The number of halogens is 1. The van der Waals surface area contributed by atoms with E-state index in [1.54, 1.807) is 12.1 Å². The molecule has 32 heavy (non-hydrogen) atoms. The smallest absolute Gasteiger partial charge is 0.146 e. The Bertz CT molecular complexity index is 856.